The van der Waals surface area contributed by atoms with Crippen molar-refractivity contribution < 1.29 is 4.79 Å². The predicted molar refractivity (Wildman–Crippen MR) is 104 cm³/mol. The van der Waals surface area contributed by atoms with E-state index in [1.807, 2.05) is 56.6 Å². The van der Waals surface area contributed by atoms with Gasteiger partial charge in [-0.3, -0.25) is 4.79 Å². The quantitative estimate of drug-likeness (QED) is 0.744. The zero-order valence-electron chi connectivity index (χ0n) is 14.8. The van der Waals surface area contributed by atoms with E-state index in [2.05, 4.69) is 40.5 Å². The molecule has 1 unspecified atom stereocenters. The summed E-state index contributed by atoms with van der Waals surface area (Å²) in [5.41, 5.74) is 2.27. The second-order valence-corrected chi connectivity index (χ2v) is 6.51. The summed E-state index contributed by atoms with van der Waals surface area (Å²) in [6, 6.07) is 24.7. The van der Waals surface area contributed by atoms with Crippen LogP contribution in [0.25, 0.3) is 10.8 Å². The van der Waals surface area contributed by atoms with Crippen LogP contribution in [-0.2, 0) is 11.2 Å². The molecule has 3 aromatic rings. The first-order chi connectivity index (χ1) is 12.1. The van der Waals surface area contributed by atoms with Crippen LogP contribution in [0.15, 0.2) is 72.8 Å². The Kier molecular flexibility index (Phi) is 5.46. The van der Waals surface area contributed by atoms with Crippen LogP contribution in [0, 0.1) is 0 Å². The minimum Gasteiger partial charge on any atom is -0.354 e. The van der Waals surface area contributed by atoms with Crippen LogP contribution in [-0.4, -0.2) is 31.4 Å². The molecule has 1 amide bonds. The lowest BCUT2D eigenvalue weighted by atomic mass is 10.0. The summed E-state index contributed by atoms with van der Waals surface area (Å²) in [7, 11) is 4.07. The second kappa shape index (κ2) is 7.95. The maximum Gasteiger partial charge on any atom is 0.224 e. The molecule has 1 N–H and O–H groups in total. The predicted octanol–water partition coefficient (Wildman–Crippen LogP) is 3.80. The molecule has 0 fully saturated rings. The molecular formula is C22H24N2O. The minimum atomic E-state index is 0.0548. The van der Waals surface area contributed by atoms with E-state index >= 15 is 0 Å². The van der Waals surface area contributed by atoms with Gasteiger partial charge < -0.3 is 10.2 Å². The Morgan fingerprint density at radius 3 is 2.36 bits per heavy atom. The van der Waals surface area contributed by atoms with Crippen molar-refractivity contribution in [3.8, 4) is 0 Å². The van der Waals surface area contributed by atoms with Gasteiger partial charge >= 0.3 is 0 Å². The highest BCUT2D eigenvalue weighted by Gasteiger charge is 2.15. The zero-order chi connectivity index (χ0) is 17.6. The molecule has 128 valence electrons. The normalized spacial score (nSPS) is 12.3. The largest absolute Gasteiger partial charge is 0.354 e. The van der Waals surface area contributed by atoms with E-state index in [9.17, 15) is 4.79 Å². The number of nitrogens with zero attached hydrogens (tertiary/aromatic N) is 1. The Hall–Kier alpha value is -2.65. The van der Waals surface area contributed by atoms with Crippen LogP contribution in [0.3, 0.4) is 0 Å². The second-order valence-electron chi connectivity index (χ2n) is 6.51. The van der Waals surface area contributed by atoms with Gasteiger partial charge in [-0.2, -0.15) is 0 Å². The van der Waals surface area contributed by atoms with E-state index < -0.39 is 0 Å². The Bertz CT molecular complexity index is 838. The minimum absolute atomic E-state index is 0.0548. The summed E-state index contributed by atoms with van der Waals surface area (Å²) in [6.07, 6.45) is 0.399. The molecule has 0 spiro atoms. The highest BCUT2D eigenvalue weighted by molar-refractivity contribution is 5.90. The summed E-state index contributed by atoms with van der Waals surface area (Å²) in [6.45, 7) is 0.598. The van der Waals surface area contributed by atoms with Crippen molar-refractivity contribution in [1.29, 1.82) is 0 Å². The molecule has 0 saturated carbocycles. The average Bonchev–Trinajstić information content (AvgIpc) is 2.63. The van der Waals surface area contributed by atoms with Crippen molar-refractivity contribution in [2.24, 2.45) is 0 Å². The maximum absolute atomic E-state index is 12.5. The molecule has 0 radical (unpaired) electrons. The maximum atomic E-state index is 12.5. The van der Waals surface area contributed by atoms with Gasteiger partial charge in [-0.25, -0.2) is 0 Å². The van der Waals surface area contributed by atoms with Crippen molar-refractivity contribution in [3.63, 3.8) is 0 Å². The third-order valence-electron chi connectivity index (χ3n) is 4.53. The molecule has 0 saturated heterocycles. The van der Waals surface area contributed by atoms with Gasteiger partial charge in [0.15, 0.2) is 0 Å². The smallest absolute Gasteiger partial charge is 0.224 e. The lowest BCUT2D eigenvalue weighted by Crippen LogP contribution is -2.35. The van der Waals surface area contributed by atoms with Crippen molar-refractivity contribution >= 4 is 16.7 Å². The average molecular weight is 332 g/mol. The molecule has 3 aromatic carbocycles. The first kappa shape index (κ1) is 17.2. The van der Waals surface area contributed by atoms with Crippen LogP contribution in [0.5, 0.6) is 0 Å². The van der Waals surface area contributed by atoms with Crippen LogP contribution in [0.2, 0.25) is 0 Å². The van der Waals surface area contributed by atoms with Gasteiger partial charge in [-0.15, -0.1) is 0 Å². The van der Waals surface area contributed by atoms with Gasteiger partial charge in [0.25, 0.3) is 0 Å². The summed E-state index contributed by atoms with van der Waals surface area (Å²) in [4.78, 5) is 14.6. The highest BCUT2D eigenvalue weighted by atomic mass is 16.1. The number of nitrogens with one attached hydrogen (secondary N) is 1. The molecule has 0 aliphatic rings. The van der Waals surface area contributed by atoms with Crippen LogP contribution in [0.4, 0.5) is 0 Å². The highest BCUT2D eigenvalue weighted by Crippen LogP contribution is 2.19. The molecule has 0 aromatic heterocycles. The van der Waals surface area contributed by atoms with Gasteiger partial charge in [0.1, 0.15) is 0 Å². The standard InChI is InChI=1S/C22H24N2O/c1-24(2)21(18-10-4-3-5-11-18)16-23-22(25)15-19-13-8-12-17-9-6-7-14-20(17)19/h3-14,21H,15-16H2,1-2H3,(H,23,25). The monoisotopic (exact) mass is 332 g/mol. The molecule has 0 bridgehead atoms. The summed E-state index contributed by atoms with van der Waals surface area (Å²) in [5, 5.41) is 5.41. The van der Waals surface area contributed by atoms with Gasteiger partial charge in [-0.05, 0) is 36.0 Å². The summed E-state index contributed by atoms with van der Waals surface area (Å²) >= 11 is 0. The third kappa shape index (κ3) is 4.25. The summed E-state index contributed by atoms with van der Waals surface area (Å²) < 4.78 is 0. The first-order valence-corrected chi connectivity index (χ1v) is 8.60. The van der Waals surface area contributed by atoms with E-state index in [-0.39, 0.29) is 11.9 Å². The number of carbonyl (C=O) groups is 1. The third-order valence-corrected chi connectivity index (χ3v) is 4.53. The molecule has 0 aliphatic carbocycles. The number of rotatable bonds is 6. The van der Waals surface area contributed by atoms with Gasteiger partial charge in [0.05, 0.1) is 12.5 Å². The fourth-order valence-corrected chi connectivity index (χ4v) is 3.17. The molecule has 3 rings (SSSR count). The number of fused-ring (bicyclic) bond motifs is 1. The Morgan fingerprint density at radius 2 is 1.60 bits per heavy atom. The van der Waals surface area contributed by atoms with E-state index in [0.29, 0.717) is 13.0 Å². The molecule has 1 atom stereocenters. The van der Waals surface area contributed by atoms with E-state index in [0.717, 1.165) is 10.9 Å². The van der Waals surface area contributed by atoms with Gasteiger partial charge in [0, 0.05) is 6.54 Å². The van der Waals surface area contributed by atoms with Crippen LogP contribution >= 0.6 is 0 Å². The van der Waals surface area contributed by atoms with Crippen LogP contribution in [0.1, 0.15) is 17.2 Å². The number of amides is 1. The van der Waals surface area contributed by atoms with Crippen molar-refractivity contribution in [2.75, 3.05) is 20.6 Å². The molecular weight excluding hydrogens is 308 g/mol. The molecule has 0 aliphatic heterocycles. The van der Waals surface area contributed by atoms with Gasteiger partial charge in [-0.1, -0.05) is 72.8 Å². The zero-order valence-corrected chi connectivity index (χ0v) is 14.8. The fraction of sp³-hybridized carbons (Fsp3) is 0.227. The lowest BCUT2D eigenvalue weighted by Gasteiger charge is -2.25. The lowest BCUT2D eigenvalue weighted by molar-refractivity contribution is -0.120. The van der Waals surface area contributed by atoms with E-state index in [1.165, 1.54) is 10.9 Å². The molecule has 3 heteroatoms. The fourth-order valence-electron chi connectivity index (χ4n) is 3.17. The van der Waals surface area contributed by atoms with Crippen LogP contribution < -0.4 is 5.32 Å². The number of likely N-dealkylation sites (N-methyl/N-ethyl adjacent to an activating group) is 1. The summed E-state index contributed by atoms with van der Waals surface area (Å²) in [5.74, 6) is 0.0548. The van der Waals surface area contributed by atoms with Gasteiger partial charge in [0.2, 0.25) is 5.91 Å². The number of hydrogen-bond donors (Lipinski definition) is 1. The molecule has 3 nitrogen and oxygen atoms in total. The Labute approximate surface area is 149 Å². The number of hydrogen-bond acceptors (Lipinski definition) is 2. The SMILES string of the molecule is CN(C)C(CNC(=O)Cc1cccc2ccccc12)c1ccccc1. The van der Waals surface area contributed by atoms with Crippen molar-refractivity contribution in [2.45, 2.75) is 12.5 Å². The molecule has 0 heterocycles. The topological polar surface area (TPSA) is 32.3 Å². The first-order valence-electron chi connectivity index (χ1n) is 8.60. The van der Waals surface area contributed by atoms with E-state index in [1.54, 1.807) is 0 Å². The number of carbonyl (C=O) groups excluding carboxylic acids is 1. The van der Waals surface area contributed by atoms with Crippen molar-refractivity contribution in [3.05, 3.63) is 83.9 Å². The van der Waals surface area contributed by atoms with Crippen molar-refractivity contribution in [1.82, 2.24) is 10.2 Å². The molecule has 25 heavy (non-hydrogen) atoms. The number of benzene rings is 3. The Balaban J connectivity index is 1.67. The van der Waals surface area contributed by atoms with E-state index in [4.69, 9.17) is 0 Å². The Morgan fingerprint density at radius 1 is 0.920 bits per heavy atom.